The lowest BCUT2D eigenvalue weighted by Gasteiger charge is -2.35. The van der Waals surface area contributed by atoms with Gasteiger partial charge in [0.1, 0.15) is 0 Å². The lowest BCUT2D eigenvalue weighted by Crippen LogP contribution is -2.48. The Balaban J connectivity index is 1.90. The summed E-state index contributed by atoms with van der Waals surface area (Å²) in [6.45, 7) is 11.7. The fourth-order valence-electron chi connectivity index (χ4n) is 3.44. The maximum Gasteiger partial charge on any atom is 0.227 e. The van der Waals surface area contributed by atoms with E-state index in [0.29, 0.717) is 13.1 Å². The predicted octanol–water partition coefficient (Wildman–Crippen LogP) is 3.04. The molecule has 0 unspecified atom stereocenters. The monoisotopic (exact) mass is 373 g/mol. The Morgan fingerprint density at radius 3 is 2.63 bits per heavy atom. The SMILES string of the molecule is CCN(C)Cc1cccc(CNC(=O)[C@H]2CCCN(C(=O)C(C)(C)C)C2)c1. The van der Waals surface area contributed by atoms with Crippen LogP contribution in [0.25, 0.3) is 0 Å². The molecule has 150 valence electrons. The molecule has 0 aliphatic carbocycles. The summed E-state index contributed by atoms with van der Waals surface area (Å²) >= 11 is 0. The number of carbonyl (C=O) groups excluding carboxylic acids is 2. The van der Waals surface area contributed by atoms with E-state index >= 15 is 0 Å². The van der Waals surface area contributed by atoms with E-state index in [1.165, 1.54) is 5.56 Å². The van der Waals surface area contributed by atoms with Gasteiger partial charge >= 0.3 is 0 Å². The lowest BCUT2D eigenvalue weighted by atomic mass is 9.91. The Hall–Kier alpha value is -1.88. The second kappa shape index (κ2) is 9.36. The third-order valence-corrected chi connectivity index (χ3v) is 5.17. The van der Waals surface area contributed by atoms with Crippen LogP contribution in [0.15, 0.2) is 24.3 Å². The number of carbonyl (C=O) groups is 2. The zero-order valence-electron chi connectivity index (χ0n) is 17.5. The number of likely N-dealkylation sites (tertiary alicyclic amines) is 1. The van der Waals surface area contributed by atoms with Gasteiger partial charge in [0.25, 0.3) is 0 Å². The number of nitrogens with zero attached hydrogens (tertiary/aromatic N) is 2. The van der Waals surface area contributed by atoms with Gasteiger partial charge in [-0.05, 0) is 37.6 Å². The first-order valence-corrected chi connectivity index (χ1v) is 10.0. The zero-order valence-corrected chi connectivity index (χ0v) is 17.5. The second-order valence-corrected chi connectivity index (χ2v) is 8.71. The fourth-order valence-corrected chi connectivity index (χ4v) is 3.44. The largest absolute Gasteiger partial charge is 0.352 e. The average Bonchev–Trinajstić information content (AvgIpc) is 2.65. The molecule has 1 atom stereocenters. The molecule has 2 amide bonds. The van der Waals surface area contributed by atoms with Gasteiger partial charge in [-0.15, -0.1) is 0 Å². The summed E-state index contributed by atoms with van der Waals surface area (Å²) in [5, 5.41) is 3.07. The van der Waals surface area contributed by atoms with Crippen LogP contribution >= 0.6 is 0 Å². The van der Waals surface area contributed by atoms with Crippen molar-refractivity contribution in [2.45, 2.75) is 53.6 Å². The summed E-state index contributed by atoms with van der Waals surface area (Å²) in [5.74, 6) is 0.0738. The number of hydrogen-bond donors (Lipinski definition) is 1. The minimum atomic E-state index is -0.398. The number of nitrogens with one attached hydrogen (secondary N) is 1. The Morgan fingerprint density at radius 1 is 1.26 bits per heavy atom. The van der Waals surface area contributed by atoms with Gasteiger partial charge in [-0.2, -0.15) is 0 Å². The third kappa shape index (κ3) is 6.35. The zero-order chi connectivity index (χ0) is 20.0. The maximum atomic E-state index is 12.6. The van der Waals surface area contributed by atoms with Crippen LogP contribution in [0.2, 0.25) is 0 Å². The van der Waals surface area contributed by atoms with Gasteiger partial charge in [0.05, 0.1) is 5.92 Å². The first kappa shape index (κ1) is 21.4. The summed E-state index contributed by atoms with van der Waals surface area (Å²) < 4.78 is 0. The second-order valence-electron chi connectivity index (χ2n) is 8.71. The highest BCUT2D eigenvalue weighted by atomic mass is 16.2. The first-order chi connectivity index (χ1) is 12.7. The summed E-state index contributed by atoms with van der Waals surface area (Å²) in [4.78, 5) is 29.3. The van der Waals surface area contributed by atoms with Crippen molar-refractivity contribution in [3.8, 4) is 0 Å². The van der Waals surface area contributed by atoms with E-state index in [0.717, 1.165) is 38.0 Å². The molecule has 0 aromatic heterocycles. The Morgan fingerprint density at radius 2 is 1.96 bits per heavy atom. The topological polar surface area (TPSA) is 52.7 Å². The highest BCUT2D eigenvalue weighted by molar-refractivity contribution is 5.83. The highest BCUT2D eigenvalue weighted by Gasteiger charge is 2.33. The molecule has 1 aromatic rings. The summed E-state index contributed by atoms with van der Waals surface area (Å²) in [5.41, 5.74) is 1.97. The van der Waals surface area contributed by atoms with Crippen molar-refractivity contribution < 1.29 is 9.59 Å². The van der Waals surface area contributed by atoms with Crippen LogP contribution in [0.4, 0.5) is 0 Å². The van der Waals surface area contributed by atoms with E-state index in [1.807, 2.05) is 37.8 Å². The van der Waals surface area contributed by atoms with E-state index in [9.17, 15) is 9.59 Å². The van der Waals surface area contributed by atoms with Crippen molar-refractivity contribution in [2.24, 2.45) is 11.3 Å². The van der Waals surface area contributed by atoms with Crippen molar-refractivity contribution in [3.63, 3.8) is 0 Å². The van der Waals surface area contributed by atoms with Crippen LogP contribution in [0, 0.1) is 11.3 Å². The van der Waals surface area contributed by atoms with Crippen molar-refractivity contribution >= 4 is 11.8 Å². The van der Waals surface area contributed by atoms with Crippen LogP contribution in [-0.2, 0) is 22.7 Å². The maximum absolute atomic E-state index is 12.6. The number of hydrogen-bond acceptors (Lipinski definition) is 3. The van der Waals surface area contributed by atoms with Gasteiger partial charge < -0.3 is 15.1 Å². The van der Waals surface area contributed by atoms with Gasteiger partial charge in [0.15, 0.2) is 0 Å². The van der Waals surface area contributed by atoms with Crippen LogP contribution in [0.1, 0.15) is 51.7 Å². The normalized spacial score (nSPS) is 17.9. The molecule has 0 spiro atoms. The molecule has 1 N–H and O–H groups in total. The fraction of sp³-hybridized carbons (Fsp3) is 0.636. The molecule has 27 heavy (non-hydrogen) atoms. The number of rotatable bonds is 6. The van der Waals surface area contributed by atoms with E-state index in [2.05, 4.69) is 36.3 Å². The first-order valence-electron chi connectivity index (χ1n) is 10.0. The number of benzene rings is 1. The molecular weight excluding hydrogens is 338 g/mol. The Labute approximate surface area is 164 Å². The molecule has 5 heteroatoms. The number of piperidine rings is 1. The molecule has 1 aromatic carbocycles. The molecule has 1 heterocycles. The van der Waals surface area contributed by atoms with E-state index < -0.39 is 5.41 Å². The molecule has 1 fully saturated rings. The summed E-state index contributed by atoms with van der Waals surface area (Å²) in [7, 11) is 2.10. The predicted molar refractivity (Wildman–Crippen MR) is 109 cm³/mol. The standard InChI is InChI=1S/C22H35N3O2/c1-6-24(5)15-18-10-7-9-17(13-18)14-23-20(26)19-11-8-12-25(16-19)21(27)22(2,3)4/h7,9-10,13,19H,6,8,11-12,14-16H2,1-5H3,(H,23,26)/t19-/m0/s1. The molecule has 0 bridgehead atoms. The Bertz CT molecular complexity index is 651. The summed E-state index contributed by atoms with van der Waals surface area (Å²) in [6.07, 6.45) is 1.74. The lowest BCUT2D eigenvalue weighted by molar-refractivity contribution is -0.142. The third-order valence-electron chi connectivity index (χ3n) is 5.17. The van der Waals surface area contributed by atoms with E-state index in [-0.39, 0.29) is 17.7 Å². The van der Waals surface area contributed by atoms with Gasteiger partial charge in [0, 0.05) is 31.6 Å². The molecule has 1 aliphatic heterocycles. The molecule has 1 saturated heterocycles. The molecular formula is C22H35N3O2. The minimum Gasteiger partial charge on any atom is -0.352 e. The van der Waals surface area contributed by atoms with Crippen molar-refractivity contribution in [1.82, 2.24) is 15.1 Å². The average molecular weight is 374 g/mol. The number of amides is 2. The van der Waals surface area contributed by atoms with Crippen LogP contribution in [0.5, 0.6) is 0 Å². The van der Waals surface area contributed by atoms with Crippen molar-refractivity contribution in [3.05, 3.63) is 35.4 Å². The van der Waals surface area contributed by atoms with Crippen LogP contribution in [0.3, 0.4) is 0 Å². The minimum absolute atomic E-state index is 0.0532. The van der Waals surface area contributed by atoms with Gasteiger partial charge in [0.2, 0.25) is 11.8 Å². The van der Waals surface area contributed by atoms with Gasteiger partial charge in [-0.1, -0.05) is 52.0 Å². The molecule has 5 nitrogen and oxygen atoms in total. The molecule has 1 aliphatic rings. The molecule has 0 radical (unpaired) electrons. The van der Waals surface area contributed by atoms with Crippen LogP contribution < -0.4 is 5.32 Å². The van der Waals surface area contributed by atoms with Crippen LogP contribution in [-0.4, -0.2) is 48.3 Å². The highest BCUT2D eigenvalue weighted by Crippen LogP contribution is 2.23. The molecule has 2 rings (SSSR count). The smallest absolute Gasteiger partial charge is 0.227 e. The van der Waals surface area contributed by atoms with E-state index in [1.54, 1.807) is 0 Å². The van der Waals surface area contributed by atoms with Crippen molar-refractivity contribution in [1.29, 1.82) is 0 Å². The molecule has 0 saturated carbocycles. The quantitative estimate of drug-likeness (QED) is 0.834. The van der Waals surface area contributed by atoms with Gasteiger partial charge in [-0.25, -0.2) is 0 Å². The van der Waals surface area contributed by atoms with Gasteiger partial charge in [-0.3, -0.25) is 9.59 Å². The summed E-state index contributed by atoms with van der Waals surface area (Å²) in [6, 6.07) is 8.37. The Kier molecular flexibility index (Phi) is 7.42. The van der Waals surface area contributed by atoms with E-state index in [4.69, 9.17) is 0 Å². The van der Waals surface area contributed by atoms with Crippen molar-refractivity contribution in [2.75, 3.05) is 26.7 Å².